The molecule has 1 rings (SSSR count). The largest absolute Gasteiger partial charge is 0.493 e. The van der Waals surface area contributed by atoms with E-state index in [0.717, 1.165) is 0 Å². The van der Waals surface area contributed by atoms with Crippen LogP contribution in [-0.4, -0.2) is 23.6 Å². The van der Waals surface area contributed by atoms with Crippen molar-refractivity contribution in [3.8, 4) is 5.75 Å². The number of anilines is 1. The molecule has 6 nitrogen and oxygen atoms in total. The number of carboxylic acids is 1. The first-order chi connectivity index (χ1) is 7.50. The topological polar surface area (TPSA) is 116 Å². The zero-order valence-corrected chi connectivity index (χ0v) is 8.47. The Bertz CT molecular complexity index is 417. The number of aromatic carboxylic acids is 1. The molecule has 1 amide bonds. The van der Waals surface area contributed by atoms with Gasteiger partial charge in [-0.2, -0.15) is 0 Å². The van der Waals surface area contributed by atoms with Crippen LogP contribution in [0.25, 0.3) is 0 Å². The van der Waals surface area contributed by atoms with E-state index in [9.17, 15) is 9.59 Å². The number of nitrogens with two attached hydrogens (primary N) is 2. The molecule has 0 saturated carbocycles. The minimum absolute atomic E-state index is 0.0160. The summed E-state index contributed by atoms with van der Waals surface area (Å²) in [6, 6.07) is 4.21. The number of primary amides is 1. The third kappa shape index (κ3) is 3.16. The van der Waals surface area contributed by atoms with Crippen LogP contribution in [0.3, 0.4) is 0 Å². The standard InChI is InChI=1S/C10H12N2O4/c11-8-5-6(16-4-3-9(12)13)1-2-7(8)10(14)15/h1-2,5H,3-4,11H2,(H2,12,13)(H,14,15). The van der Waals surface area contributed by atoms with Crippen molar-refractivity contribution in [1.29, 1.82) is 0 Å². The van der Waals surface area contributed by atoms with Crippen molar-refractivity contribution in [2.24, 2.45) is 5.73 Å². The van der Waals surface area contributed by atoms with E-state index < -0.39 is 11.9 Å². The maximum Gasteiger partial charge on any atom is 0.337 e. The lowest BCUT2D eigenvalue weighted by atomic mass is 10.2. The summed E-state index contributed by atoms with van der Waals surface area (Å²) in [5.41, 5.74) is 10.6. The van der Waals surface area contributed by atoms with Crippen molar-refractivity contribution in [2.45, 2.75) is 6.42 Å². The van der Waals surface area contributed by atoms with E-state index in [0.29, 0.717) is 5.75 Å². The Morgan fingerprint density at radius 2 is 2.06 bits per heavy atom. The highest BCUT2D eigenvalue weighted by Gasteiger charge is 2.08. The average molecular weight is 224 g/mol. The fourth-order valence-electron chi connectivity index (χ4n) is 1.09. The smallest absolute Gasteiger partial charge is 0.337 e. The number of nitrogen functional groups attached to an aromatic ring is 1. The summed E-state index contributed by atoms with van der Waals surface area (Å²) >= 11 is 0. The molecule has 0 aliphatic rings. The van der Waals surface area contributed by atoms with E-state index >= 15 is 0 Å². The maximum absolute atomic E-state index is 10.7. The Labute approximate surface area is 91.8 Å². The highest BCUT2D eigenvalue weighted by Crippen LogP contribution is 2.19. The van der Waals surface area contributed by atoms with Gasteiger partial charge in [-0.1, -0.05) is 0 Å². The highest BCUT2D eigenvalue weighted by atomic mass is 16.5. The van der Waals surface area contributed by atoms with E-state index in [4.69, 9.17) is 21.3 Å². The van der Waals surface area contributed by atoms with Crippen LogP contribution in [0.1, 0.15) is 16.8 Å². The van der Waals surface area contributed by atoms with Crippen LogP contribution in [0, 0.1) is 0 Å². The molecular formula is C10H12N2O4. The fourth-order valence-corrected chi connectivity index (χ4v) is 1.09. The van der Waals surface area contributed by atoms with Crippen LogP contribution in [-0.2, 0) is 4.79 Å². The molecular weight excluding hydrogens is 212 g/mol. The first-order valence-electron chi connectivity index (χ1n) is 4.54. The van der Waals surface area contributed by atoms with Crippen molar-refractivity contribution in [2.75, 3.05) is 12.3 Å². The molecule has 0 bridgehead atoms. The first-order valence-corrected chi connectivity index (χ1v) is 4.54. The van der Waals surface area contributed by atoms with Crippen molar-refractivity contribution in [3.63, 3.8) is 0 Å². The van der Waals surface area contributed by atoms with E-state index in [-0.39, 0.29) is 24.3 Å². The number of amides is 1. The lowest BCUT2D eigenvalue weighted by molar-refractivity contribution is -0.118. The summed E-state index contributed by atoms with van der Waals surface area (Å²) in [5, 5.41) is 8.72. The minimum Gasteiger partial charge on any atom is -0.493 e. The molecule has 1 aromatic rings. The van der Waals surface area contributed by atoms with Gasteiger partial charge in [-0.25, -0.2) is 4.79 Å². The van der Waals surface area contributed by atoms with Gasteiger partial charge in [0.1, 0.15) is 5.75 Å². The van der Waals surface area contributed by atoms with E-state index in [1.807, 2.05) is 0 Å². The zero-order valence-electron chi connectivity index (χ0n) is 8.47. The van der Waals surface area contributed by atoms with Crippen LogP contribution in [0.5, 0.6) is 5.75 Å². The number of carboxylic acid groups (broad SMARTS) is 1. The third-order valence-corrected chi connectivity index (χ3v) is 1.87. The molecule has 0 unspecified atom stereocenters. The second kappa shape index (κ2) is 5.01. The van der Waals surface area contributed by atoms with Gasteiger partial charge in [-0.15, -0.1) is 0 Å². The maximum atomic E-state index is 10.7. The van der Waals surface area contributed by atoms with Gasteiger partial charge in [0.15, 0.2) is 0 Å². The number of rotatable bonds is 5. The predicted molar refractivity (Wildman–Crippen MR) is 57.1 cm³/mol. The fraction of sp³-hybridized carbons (Fsp3) is 0.200. The molecule has 0 spiro atoms. The second-order valence-electron chi connectivity index (χ2n) is 3.12. The van der Waals surface area contributed by atoms with E-state index in [1.165, 1.54) is 18.2 Å². The number of ether oxygens (including phenoxy) is 1. The average Bonchev–Trinajstić information content (AvgIpc) is 2.16. The monoisotopic (exact) mass is 224 g/mol. The summed E-state index contributed by atoms with van der Waals surface area (Å²) in [5.74, 6) is -1.15. The van der Waals surface area contributed by atoms with Crippen molar-refractivity contribution < 1.29 is 19.4 Å². The Hall–Kier alpha value is -2.24. The molecule has 16 heavy (non-hydrogen) atoms. The van der Waals surface area contributed by atoms with Crippen LogP contribution in [0.2, 0.25) is 0 Å². The molecule has 0 heterocycles. The molecule has 1 aromatic carbocycles. The Balaban J connectivity index is 2.66. The van der Waals surface area contributed by atoms with Crippen molar-refractivity contribution >= 4 is 17.6 Å². The van der Waals surface area contributed by atoms with Crippen molar-refractivity contribution in [1.82, 2.24) is 0 Å². The summed E-state index contributed by atoms with van der Waals surface area (Å²) in [7, 11) is 0. The molecule has 0 saturated heterocycles. The predicted octanol–water partition coefficient (Wildman–Crippen LogP) is 0.221. The number of benzene rings is 1. The van der Waals surface area contributed by atoms with Crippen LogP contribution < -0.4 is 16.2 Å². The number of hydrogen-bond acceptors (Lipinski definition) is 4. The Kier molecular flexibility index (Phi) is 3.71. The zero-order chi connectivity index (χ0) is 12.1. The van der Waals surface area contributed by atoms with Gasteiger partial charge in [0.05, 0.1) is 18.6 Å². The van der Waals surface area contributed by atoms with Crippen LogP contribution in [0.4, 0.5) is 5.69 Å². The molecule has 6 heteroatoms. The molecule has 0 fully saturated rings. The van der Waals surface area contributed by atoms with Gasteiger partial charge in [0.25, 0.3) is 0 Å². The minimum atomic E-state index is -1.10. The molecule has 0 aromatic heterocycles. The van der Waals surface area contributed by atoms with Gasteiger partial charge in [-0.3, -0.25) is 4.79 Å². The highest BCUT2D eigenvalue weighted by molar-refractivity contribution is 5.93. The summed E-state index contributed by atoms with van der Waals surface area (Å²) < 4.78 is 5.16. The molecule has 5 N–H and O–H groups in total. The van der Waals surface area contributed by atoms with Crippen molar-refractivity contribution in [3.05, 3.63) is 23.8 Å². The lowest BCUT2D eigenvalue weighted by Crippen LogP contribution is -2.14. The number of carbonyl (C=O) groups excluding carboxylic acids is 1. The lowest BCUT2D eigenvalue weighted by Gasteiger charge is -2.07. The summed E-state index contributed by atoms with van der Waals surface area (Å²) in [4.78, 5) is 21.1. The normalized spacial score (nSPS) is 9.75. The van der Waals surface area contributed by atoms with Gasteiger partial charge in [0.2, 0.25) is 5.91 Å². The quantitative estimate of drug-likeness (QED) is 0.619. The van der Waals surface area contributed by atoms with Gasteiger partial charge in [-0.05, 0) is 12.1 Å². The van der Waals surface area contributed by atoms with E-state index in [1.54, 1.807) is 0 Å². The summed E-state index contributed by atoms with van der Waals surface area (Å²) in [6.45, 7) is 0.140. The Morgan fingerprint density at radius 3 is 2.56 bits per heavy atom. The first kappa shape index (κ1) is 11.8. The number of carbonyl (C=O) groups is 2. The molecule has 0 aliphatic heterocycles. The van der Waals surface area contributed by atoms with Gasteiger partial charge in [0, 0.05) is 11.8 Å². The van der Waals surface area contributed by atoms with Gasteiger partial charge < -0.3 is 21.3 Å². The van der Waals surface area contributed by atoms with E-state index in [2.05, 4.69) is 0 Å². The molecule has 0 aliphatic carbocycles. The van der Waals surface area contributed by atoms with Crippen LogP contribution in [0.15, 0.2) is 18.2 Å². The second-order valence-corrected chi connectivity index (χ2v) is 3.12. The molecule has 86 valence electrons. The number of hydrogen-bond donors (Lipinski definition) is 3. The molecule has 0 atom stereocenters. The third-order valence-electron chi connectivity index (χ3n) is 1.87. The molecule has 0 radical (unpaired) electrons. The summed E-state index contributed by atoms with van der Waals surface area (Å²) in [6.07, 6.45) is 0.0978. The van der Waals surface area contributed by atoms with Gasteiger partial charge >= 0.3 is 5.97 Å². The van der Waals surface area contributed by atoms with Crippen LogP contribution >= 0.6 is 0 Å². The SMILES string of the molecule is NC(=O)CCOc1ccc(C(=O)O)c(N)c1. The Morgan fingerprint density at radius 1 is 1.38 bits per heavy atom.